The van der Waals surface area contributed by atoms with Gasteiger partial charge in [0.05, 0.1) is 0 Å². The molecule has 7 heteroatoms. The van der Waals surface area contributed by atoms with Crippen molar-refractivity contribution in [2.75, 3.05) is 5.32 Å². The Hall–Kier alpha value is -2.02. The van der Waals surface area contributed by atoms with Gasteiger partial charge in [-0.1, -0.05) is 22.0 Å². The first-order chi connectivity index (χ1) is 9.88. The van der Waals surface area contributed by atoms with E-state index in [9.17, 15) is 18.0 Å². The zero-order chi connectivity index (χ0) is 15.6. The molecule has 0 aliphatic heterocycles. The highest BCUT2D eigenvalue weighted by molar-refractivity contribution is 9.10. The molecule has 3 N–H and O–H groups in total. The first-order valence-corrected chi connectivity index (χ1v) is 6.63. The summed E-state index contributed by atoms with van der Waals surface area (Å²) >= 11 is 3.25. The number of nitrogens with one attached hydrogen (secondary N) is 1. The van der Waals surface area contributed by atoms with Crippen molar-refractivity contribution in [3.63, 3.8) is 0 Å². The van der Waals surface area contributed by atoms with Crippen LogP contribution in [0.4, 0.5) is 18.9 Å². The molecule has 110 valence electrons. The summed E-state index contributed by atoms with van der Waals surface area (Å²) in [5.41, 5.74) is 5.66. The van der Waals surface area contributed by atoms with Crippen molar-refractivity contribution < 1.29 is 18.0 Å². The molecule has 0 fully saturated rings. The maximum atomic E-state index is 13.3. The fourth-order valence-electron chi connectivity index (χ4n) is 1.81. The summed E-state index contributed by atoms with van der Waals surface area (Å²) in [6.45, 7) is 0. The van der Waals surface area contributed by atoms with E-state index in [0.29, 0.717) is 5.69 Å². The van der Waals surface area contributed by atoms with E-state index in [0.717, 1.165) is 16.6 Å². The predicted octanol–water partition coefficient (Wildman–Crippen LogP) is 3.50. The summed E-state index contributed by atoms with van der Waals surface area (Å²) in [7, 11) is 0. The molecule has 0 saturated heterocycles. The van der Waals surface area contributed by atoms with Gasteiger partial charge in [0, 0.05) is 10.2 Å². The summed E-state index contributed by atoms with van der Waals surface area (Å²) in [4.78, 5) is 11.5. The molecule has 1 atom stereocenters. The fraction of sp³-hybridized carbons (Fsp3) is 0.0714. The molecule has 0 aliphatic carbocycles. The number of hydrogen-bond acceptors (Lipinski definition) is 2. The molecule has 0 aromatic heterocycles. The second kappa shape index (κ2) is 6.17. The number of nitrogens with two attached hydrogens (primary N) is 1. The molecule has 0 spiro atoms. The van der Waals surface area contributed by atoms with Gasteiger partial charge in [0.25, 0.3) is 0 Å². The number of hydrogen-bond donors (Lipinski definition) is 2. The minimum Gasteiger partial charge on any atom is -0.370 e. The normalized spacial score (nSPS) is 12.0. The molecule has 0 bridgehead atoms. The molecule has 0 saturated carbocycles. The highest BCUT2D eigenvalue weighted by Crippen LogP contribution is 2.24. The van der Waals surface area contributed by atoms with E-state index in [2.05, 4.69) is 21.2 Å². The molecule has 0 radical (unpaired) electrons. The summed E-state index contributed by atoms with van der Waals surface area (Å²) < 4.78 is 40.2. The van der Waals surface area contributed by atoms with E-state index >= 15 is 0 Å². The van der Waals surface area contributed by atoms with Crippen molar-refractivity contribution in [1.29, 1.82) is 0 Å². The number of halogens is 4. The quantitative estimate of drug-likeness (QED) is 0.821. The van der Waals surface area contributed by atoms with Crippen LogP contribution >= 0.6 is 15.9 Å². The van der Waals surface area contributed by atoms with Crippen LogP contribution in [0, 0.1) is 17.5 Å². The van der Waals surface area contributed by atoms with Crippen LogP contribution < -0.4 is 11.1 Å². The lowest BCUT2D eigenvalue weighted by Crippen LogP contribution is -2.28. The predicted molar refractivity (Wildman–Crippen MR) is 76.0 cm³/mol. The third-order valence-electron chi connectivity index (χ3n) is 2.76. The number of primary amides is 1. The number of benzene rings is 2. The molecule has 21 heavy (non-hydrogen) atoms. The Kier molecular flexibility index (Phi) is 4.52. The zero-order valence-electron chi connectivity index (χ0n) is 10.5. The minimum absolute atomic E-state index is 0.0983. The maximum absolute atomic E-state index is 13.3. The largest absolute Gasteiger partial charge is 0.370 e. The van der Waals surface area contributed by atoms with Crippen molar-refractivity contribution in [3.8, 4) is 0 Å². The van der Waals surface area contributed by atoms with E-state index < -0.39 is 29.4 Å². The molecule has 1 unspecified atom stereocenters. The van der Waals surface area contributed by atoms with Crippen LogP contribution in [0.15, 0.2) is 40.9 Å². The Morgan fingerprint density at radius 2 is 1.76 bits per heavy atom. The Morgan fingerprint density at radius 3 is 2.29 bits per heavy atom. The van der Waals surface area contributed by atoms with Crippen LogP contribution in [0.3, 0.4) is 0 Å². The molecule has 0 heterocycles. The van der Waals surface area contributed by atoms with E-state index in [4.69, 9.17) is 5.73 Å². The van der Waals surface area contributed by atoms with Crippen LogP contribution in [-0.4, -0.2) is 5.91 Å². The summed E-state index contributed by atoms with van der Waals surface area (Å²) in [5.74, 6) is -5.20. The van der Waals surface area contributed by atoms with Crippen molar-refractivity contribution in [3.05, 3.63) is 63.9 Å². The molecule has 3 nitrogen and oxygen atoms in total. The zero-order valence-corrected chi connectivity index (χ0v) is 12.1. The average Bonchev–Trinajstić information content (AvgIpc) is 2.41. The summed E-state index contributed by atoms with van der Waals surface area (Å²) in [5, 5.41) is 2.75. The second-order valence-electron chi connectivity index (χ2n) is 4.29. The Bertz CT molecular complexity index is 671. The SMILES string of the molecule is NC(=O)C(Nc1cccc(Br)c1)c1cc(F)c(F)c(F)c1. The Labute approximate surface area is 127 Å². The van der Waals surface area contributed by atoms with Gasteiger partial charge in [-0.05, 0) is 35.9 Å². The van der Waals surface area contributed by atoms with Gasteiger partial charge >= 0.3 is 0 Å². The van der Waals surface area contributed by atoms with Gasteiger partial charge in [-0.25, -0.2) is 13.2 Å². The van der Waals surface area contributed by atoms with Gasteiger partial charge in [0.1, 0.15) is 6.04 Å². The van der Waals surface area contributed by atoms with E-state index in [1.807, 2.05) is 0 Å². The molecular formula is C14H10BrF3N2O. The lowest BCUT2D eigenvalue weighted by atomic mass is 10.1. The number of anilines is 1. The van der Waals surface area contributed by atoms with Crippen molar-refractivity contribution in [1.82, 2.24) is 0 Å². The first-order valence-electron chi connectivity index (χ1n) is 5.84. The van der Waals surface area contributed by atoms with Crippen molar-refractivity contribution in [2.45, 2.75) is 6.04 Å². The molecule has 2 aromatic carbocycles. The highest BCUT2D eigenvalue weighted by Gasteiger charge is 2.21. The van der Waals surface area contributed by atoms with E-state index in [1.165, 1.54) is 0 Å². The smallest absolute Gasteiger partial charge is 0.244 e. The maximum Gasteiger partial charge on any atom is 0.244 e. The van der Waals surface area contributed by atoms with Gasteiger partial charge in [-0.3, -0.25) is 4.79 Å². The van der Waals surface area contributed by atoms with Crippen molar-refractivity contribution >= 4 is 27.5 Å². The molecule has 2 rings (SSSR count). The third-order valence-corrected chi connectivity index (χ3v) is 3.25. The number of rotatable bonds is 4. The fourth-order valence-corrected chi connectivity index (χ4v) is 2.20. The monoisotopic (exact) mass is 358 g/mol. The highest BCUT2D eigenvalue weighted by atomic mass is 79.9. The number of amides is 1. The lowest BCUT2D eigenvalue weighted by Gasteiger charge is -2.17. The second-order valence-corrected chi connectivity index (χ2v) is 5.20. The minimum atomic E-state index is -1.59. The van der Waals surface area contributed by atoms with Gasteiger partial charge in [0.2, 0.25) is 5.91 Å². The Morgan fingerprint density at radius 1 is 1.14 bits per heavy atom. The van der Waals surface area contributed by atoms with Crippen LogP contribution in [0.5, 0.6) is 0 Å². The first kappa shape index (κ1) is 15.4. The average molecular weight is 359 g/mol. The molecule has 1 amide bonds. The van der Waals surface area contributed by atoms with Gasteiger partial charge in [-0.15, -0.1) is 0 Å². The van der Waals surface area contributed by atoms with Crippen LogP contribution in [0.1, 0.15) is 11.6 Å². The number of carbonyl (C=O) groups is 1. The standard InChI is InChI=1S/C14H10BrF3N2O/c15-8-2-1-3-9(6-8)20-13(14(19)21)7-4-10(16)12(18)11(17)5-7/h1-6,13,20H,(H2,19,21). The summed E-state index contributed by atoms with van der Waals surface area (Å²) in [6, 6.07) is 7.06. The van der Waals surface area contributed by atoms with Crippen LogP contribution in [-0.2, 0) is 4.79 Å². The van der Waals surface area contributed by atoms with Crippen LogP contribution in [0.2, 0.25) is 0 Å². The Balaban J connectivity index is 2.38. The van der Waals surface area contributed by atoms with Gasteiger partial charge in [0.15, 0.2) is 17.5 Å². The topological polar surface area (TPSA) is 55.1 Å². The van der Waals surface area contributed by atoms with Crippen molar-refractivity contribution in [2.24, 2.45) is 5.73 Å². The third kappa shape index (κ3) is 3.55. The van der Waals surface area contributed by atoms with Gasteiger partial charge < -0.3 is 11.1 Å². The molecular weight excluding hydrogens is 349 g/mol. The molecule has 2 aromatic rings. The van der Waals surface area contributed by atoms with E-state index in [1.54, 1.807) is 24.3 Å². The van der Waals surface area contributed by atoms with Gasteiger partial charge in [-0.2, -0.15) is 0 Å². The van der Waals surface area contributed by atoms with E-state index in [-0.39, 0.29) is 5.56 Å². The lowest BCUT2D eigenvalue weighted by molar-refractivity contribution is -0.118. The molecule has 0 aliphatic rings. The number of carbonyl (C=O) groups excluding carboxylic acids is 1. The van der Waals surface area contributed by atoms with Crippen LogP contribution in [0.25, 0.3) is 0 Å². The summed E-state index contributed by atoms with van der Waals surface area (Å²) in [6.07, 6.45) is 0.